The Morgan fingerprint density at radius 2 is 2.11 bits per heavy atom. The minimum atomic E-state index is -0.390. The van der Waals surface area contributed by atoms with Gasteiger partial charge in [-0.2, -0.15) is 0 Å². The van der Waals surface area contributed by atoms with E-state index in [0.29, 0.717) is 17.1 Å². The highest BCUT2D eigenvalue weighted by Crippen LogP contribution is 2.16. The SMILES string of the molecule is CNc1cncc(C(=O)Nc2ccc(F)cc2C)n1. The Bertz CT molecular complexity index is 615. The maximum absolute atomic E-state index is 13.0. The third kappa shape index (κ3) is 3.04. The monoisotopic (exact) mass is 260 g/mol. The van der Waals surface area contributed by atoms with Crippen molar-refractivity contribution in [3.05, 3.63) is 47.7 Å². The first-order valence-corrected chi connectivity index (χ1v) is 5.67. The molecule has 19 heavy (non-hydrogen) atoms. The minimum Gasteiger partial charge on any atom is -0.372 e. The van der Waals surface area contributed by atoms with Gasteiger partial charge in [-0.05, 0) is 30.7 Å². The van der Waals surface area contributed by atoms with Gasteiger partial charge in [0.05, 0.1) is 12.4 Å². The summed E-state index contributed by atoms with van der Waals surface area (Å²) < 4.78 is 13.0. The molecule has 98 valence electrons. The molecule has 0 aliphatic rings. The van der Waals surface area contributed by atoms with Crippen LogP contribution in [0.3, 0.4) is 0 Å². The lowest BCUT2D eigenvalue weighted by molar-refractivity contribution is 0.102. The molecule has 6 heteroatoms. The van der Waals surface area contributed by atoms with Gasteiger partial charge in [0, 0.05) is 12.7 Å². The third-order valence-corrected chi connectivity index (χ3v) is 2.56. The van der Waals surface area contributed by atoms with Crippen LogP contribution in [0.25, 0.3) is 0 Å². The van der Waals surface area contributed by atoms with E-state index in [-0.39, 0.29) is 17.4 Å². The van der Waals surface area contributed by atoms with Gasteiger partial charge < -0.3 is 10.6 Å². The Morgan fingerprint density at radius 1 is 1.32 bits per heavy atom. The predicted octanol–water partition coefficient (Wildman–Crippen LogP) is 2.22. The zero-order valence-corrected chi connectivity index (χ0v) is 10.6. The van der Waals surface area contributed by atoms with E-state index in [1.807, 2.05) is 0 Å². The molecule has 5 nitrogen and oxygen atoms in total. The number of nitrogens with one attached hydrogen (secondary N) is 2. The van der Waals surface area contributed by atoms with Crippen molar-refractivity contribution >= 4 is 17.4 Å². The fourth-order valence-corrected chi connectivity index (χ4v) is 1.55. The fourth-order valence-electron chi connectivity index (χ4n) is 1.55. The van der Waals surface area contributed by atoms with E-state index in [1.54, 1.807) is 14.0 Å². The van der Waals surface area contributed by atoms with Gasteiger partial charge in [-0.25, -0.2) is 9.37 Å². The molecule has 1 amide bonds. The molecule has 2 N–H and O–H groups in total. The van der Waals surface area contributed by atoms with Crippen molar-refractivity contribution in [1.29, 1.82) is 0 Å². The summed E-state index contributed by atoms with van der Waals surface area (Å²) in [5.74, 6) is -0.227. The lowest BCUT2D eigenvalue weighted by Crippen LogP contribution is -2.15. The van der Waals surface area contributed by atoms with Crippen LogP contribution in [-0.2, 0) is 0 Å². The molecule has 0 saturated carbocycles. The molecule has 2 aromatic rings. The van der Waals surface area contributed by atoms with Crippen LogP contribution >= 0.6 is 0 Å². The number of carbonyl (C=O) groups is 1. The number of hydrogen-bond donors (Lipinski definition) is 2. The molecule has 0 fully saturated rings. The summed E-state index contributed by atoms with van der Waals surface area (Å²) in [4.78, 5) is 20.0. The standard InChI is InChI=1S/C13H13FN4O/c1-8-5-9(14)3-4-10(8)18-13(19)11-6-16-7-12(15-2)17-11/h3-7H,1-2H3,(H,15,17)(H,18,19). The lowest BCUT2D eigenvalue weighted by atomic mass is 10.2. The van der Waals surface area contributed by atoms with E-state index >= 15 is 0 Å². The molecule has 1 heterocycles. The number of halogens is 1. The van der Waals surface area contributed by atoms with E-state index in [4.69, 9.17) is 0 Å². The average Bonchev–Trinajstić information content (AvgIpc) is 2.42. The fraction of sp³-hybridized carbons (Fsp3) is 0.154. The highest BCUT2D eigenvalue weighted by molar-refractivity contribution is 6.03. The van der Waals surface area contributed by atoms with Crippen LogP contribution < -0.4 is 10.6 Å². The van der Waals surface area contributed by atoms with Crippen molar-refractivity contribution in [2.24, 2.45) is 0 Å². The van der Waals surface area contributed by atoms with Crippen molar-refractivity contribution in [3.8, 4) is 0 Å². The summed E-state index contributed by atoms with van der Waals surface area (Å²) in [7, 11) is 1.69. The van der Waals surface area contributed by atoms with Gasteiger partial charge >= 0.3 is 0 Å². The first kappa shape index (κ1) is 12.9. The zero-order chi connectivity index (χ0) is 13.8. The molecule has 0 bridgehead atoms. The number of anilines is 2. The second-order valence-electron chi connectivity index (χ2n) is 3.95. The lowest BCUT2D eigenvalue weighted by Gasteiger charge is -2.08. The van der Waals surface area contributed by atoms with Crippen LogP contribution in [0.15, 0.2) is 30.6 Å². The number of aromatic nitrogens is 2. The van der Waals surface area contributed by atoms with Crippen LogP contribution in [0.5, 0.6) is 0 Å². The molecule has 0 atom stereocenters. The normalized spacial score (nSPS) is 10.1. The summed E-state index contributed by atoms with van der Waals surface area (Å²) in [5.41, 5.74) is 1.38. The Hall–Kier alpha value is -2.50. The largest absolute Gasteiger partial charge is 0.372 e. The van der Waals surface area contributed by atoms with Crippen LogP contribution in [-0.4, -0.2) is 22.9 Å². The smallest absolute Gasteiger partial charge is 0.275 e. The van der Waals surface area contributed by atoms with Crippen molar-refractivity contribution < 1.29 is 9.18 Å². The van der Waals surface area contributed by atoms with Crippen LogP contribution in [0.4, 0.5) is 15.9 Å². The second kappa shape index (κ2) is 5.43. The van der Waals surface area contributed by atoms with E-state index in [1.165, 1.54) is 30.6 Å². The van der Waals surface area contributed by atoms with Gasteiger partial charge in [-0.1, -0.05) is 0 Å². The molecule has 0 saturated heterocycles. The molecule has 0 unspecified atom stereocenters. The van der Waals surface area contributed by atoms with Crippen LogP contribution in [0.1, 0.15) is 16.1 Å². The Labute approximate surface area is 109 Å². The van der Waals surface area contributed by atoms with Crippen molar-refractivity contribution in [2.45, 2.75) is 6.92 Å². The zero-order valence-electron chi connectivity index (χ0n) is 10.6. The Balaban J connectivity index is 2.20. The minimum absolute atomic E-state index is 0.190. The van der Waals surface area contributed by atoms with E-state index in [9.17, 15) is 9.18 Å². The van der Waals surface area contributed by atoms with Crippen molar-refractivity contribution in [1.82, 2.24) is 9.97 Å². The molecule has 0 radical (unpaired) electrons. The average molecular weight is 260 g/mol. The van der Waals surface area contributed by atoms with Gasteiger partial charge in [-0.3, -0.25) is 9.78 Å². The summed E-state index contributed by atoms with van der Waals surface area (Å²) in [5, 5.41) is 5.47. The number of benzene rings is 1. The molecular weight excluding hydrogens is 247 g/mol. The topological polar surface area (TPSA) is 66.9 Å². The Kier molecular flexibility index (Phi) is 3.70. The van der Waals surface area contributed by atoms with Gasteiger partial charge in [-0.15, -0.1) is 0 Å². The number of nitrogens with zero attached hydrogens (tertiary/aromatic N) is 2. The first-order valence-electron chi connectivity index (χ1n) is 5.67. The van der Waals surface area contributed by atoms with E-state index < -0.39 is 0 Å². The quantitative estimate of drug-likeness (QED) is 0.888. The second-order valence-corrected chi connectivity index (χ2v) is 3.95. The summed E-state index contributed by atoms with van der Waals surface area (Å²) >= 11 is 0. The number of amides is 1. The number of aryl methyl sites for hydroxylation is 1. The highest BCUT2D eigenvalue weighted by atomic mass is 19.1. The van der Waals surface area contributed by atoms with Crippen molar-refractivity contribution in [2.75, 3.05) is 17.7 Å². The molecule has 0 aliphatic carbocycles. The molecule has 1 aromatic carbocycles. The molecule has 0 spiro atoms. The number of hydrogen-bond acceptors (Lipinski definition) is 4. The van der Waals surface area contributed by atoms with E-state index in [2.05, 4.69) is 20.6 Å². The molecule has 1 aromatic heterocycles. The summed E-state index contributed by atoms with van der Waals surface area (Å²) in [6.07, 6.45) is 2.88. The van der Waals surface area contributed by atoms with E-state index in [0.717, 1.165) is 0 Å². The maximum Gasteiger partial charge on any atom is 0.275 e. The van der Waals surface area contributed by atoms with Gasteiger partial charge in [0.25, 0.3) is 5.91 Å². The summed E-state index contributed by atoms with van der Waals surface area (Å²) in [6.45, 7) is 1.72. The first-order chi connectivity index (χ1) is 9.10. The molecular formula is C13H13FN4O. The predicted molar refractivity (Wildman–Crippen MR) is 70.7 cm³/mol. The molecule has 2 rings (SSSR count). The Morgan fingerprint density at radius 3 is 2.79 bits per heavy atom. The third-order valence-electron chi connectivity index (χ3n) is 2.56. The van der Waals surface area contributed by atoms with Crippen molar-refractivity contribution in [3.63, 3.8) is 0 Å². The van der Waals surface area contributed by atoms with Crippen LogP contribution in [0.2, 0.25) is 0 Å². The maximum atomic E-state index is 13.0. The van der Waals surface area contributed by atoms with Gasteiger partial charge in [0.2, 0.25) is 0 Å². The highest BCUT2D eigenvalue weighted by Gasteiger charge is 2.10. The molecule has 0 aliphatic heterocycles. The number of carbonyl (C=O) groups excluding carboxylic acids is 1. The van der Waals surface area contributed by atoms with Crippen LogP contribution in [0, 0.1) is 12.7 Å². The number of rotatable bonds is 3. The summed E-state index contributed by atoms with van der Waals surface area (Å²) in [6, 6.07) is 4.15. The van der Waals surface area contributed by atoms with Gasteiger partial charge in [0.1, 0.15) is 17.3 Å². The van der Waals surface area contributed by atoms with Gasteiger partial charge in [0.15, 0.2) is 0 Å².